The second kappa shape index (κ2) is 5.22. The van der Waals surface area contributed by atoms with Crippen molar-refractivity contribution in [2.45, 2.75) is 18.4 Å². The normalized spacial score (nSPS) is 24.4. The molecule has 1 aromatic carbocycles. The summed E-state index contributed by atoms with van der Waals surface area (Å²) in [6.45, 7) is 0. The van der Waals surface area contributed by atoms with Crippen molar-refractivity contribution in [3.05, 3.63) is 35.4 Å². The van der Waals surface area contributed by atoms with E-state index in [2.05, 4.69) is 4.99 Å². The van der Waals surface area contributed by atoms with Gasteiger partial charge in [0.15, 0.2) is 12.2 Å². The predicted octanol–water partition coefficient (Wildman–Crippen LogP) is 1.62. The minimum absolute atomic E-state index is 0.377. The molecule has 24 heavy (non-hydrogen) atoms. The first kappa shape index (κ1) is 16.3. The number of halogens is 3. The fourth-order valence-electron chi connectivity index (χ4n) is 2.94. The smallest absolute Gasteiger partial charge is 0.344 e. The topological polar surface area (TPSA) is 56.2 Å². The molecule has 0 radical (unpaired) electrons. The number of carbonyl (C=O) groups is 2. The van der Waals surface area contributed by atoms with Crippen LogP contribution in [-0.4, -0.2) is 65.8 Å². The molecule has 128 valence electrons. The molecule has 1 aromatic rings. The number of hydrogen-bond donors (Lipinski definition) is 0. The van der Waals surface area contributed by atoms with Gasteiger partial charge < -0.3 is 9.80 Å². The molecule has 0 N–H and O–H groups in total. The van der Waals surface area contributed by atoms with E-state index in [0.29, 0.717) is 11.4 Å². The SMILES string of the molecule is CN1C(=O)C2C(N=C(c3ccc(C(F)(F)F)cc3)N2C)N(C)C1=O. The third-order valence-corrected chi connectivity index (χ3v) is 4.33. The Bertz CT molecular complexity index is 729. The van der Waals surface area contributed by atoms with E-state index in [1.165, 1.54) is 31.1 Å². The maximum absolute atomic E-state index is 12.7. The number of imide groups is 1. The molecule has 0 aliphatic carbocycles. The average Bonchev–Trinajstić information content (AvgIpc) is 2.88. The Kier molecular flexibility index (Phi) is 3.54. The zero-order valence-electron chi connectivity index (χ0n) is 13.2. The summed E-state index contributed by atoms with van der Waals surface area (Å²) in [7, 11) is 4.56. The molecule has 0 saturated carbocycles. The van der Waals surface area contributed by atoms with Crippen LogP contribution in [0.2, 0.25) is 0 Å². The number of likely N-dealkylation sites (N-methyl/N-ethyl adjacent to an activating group) is 3. The summed E-state index contributed by atoms with van der Waals surface area (Å²) in [6.07, 6.45) is -5.11. The van der Waals surface area contributed by atoms with E-state index >= 15 is 0 Å². The van der Waals surface area contributed by atoms with Gasteiger partial charge in [0.1, 0.15) is 5.84 Å². The Morgan fingerprint density at radius 3 is 2.12 bits per heavy atom. The van der Waals surface area contributed by atoms with Gasteiger partial charge in [0.05, 0.1) is 5.56 Å². The Morgan fingerprint density at radius 1 is 1.00 bits per heavy atom. The summed E-state index contributed by atoms with van der Waals surface area (Å²) in [6, 6.07) is 3.41. The molecular weight excluding hydrogens is 325 g/mol. The monoisotopic (exact) mass is 340 g/mol. The van der Waals surface area contributed by atoms with Gasteiger partial charge >= 0.3 is 12.2 Å². The third-order valence-electron chi connectivity index (χ3n) is 4.33. The highest BCUT2D eigenvalue weighted by atomic mass is 19.4. The van der Waals surface area contributed by atoms with Gasteiger partial charge in [0.2, 0.25) is 0 Å². The average molecular weight is 340 g/mol. The standard InChI is InChI=1S/C15H15F3N4O2/c1-20-10-12(21(2)14(24)22(3)13(10)23)19-11(20)8-4-6-9(7-5-8)15(16,17)18/h4-7,10,12H,1-3H3. The van der Waals surface area contributed by atoms with Crippen LogP contribution in [0, 0.1) is 0 Å². The van der Waals surface area contributed by atoms with E-state index in [1.807, 2.05) is 0 Å². The number of alkyl halides is 3. The minimum Gasteiger partial charge on any atom is -0.344 e. The lowest BCUT2D eigenvalue weighted by atomic mass is 10.1. The van der Waals surface area contributed by atoms with Crippen LogP contribution in [-0.2, 0) is 11.0 Å². The van der Waals surface area contributed by atoms with Crippen LogP contribution in [0.4, 0.5) is 18.0 Å². The zero-order chi connectivity index (χ0) is 17.8. The van der Waals surface area contributed by atoms with Gasteiger partial charge in [0.25, 0.3) is 5.91 Å². The first-order valence-electron chi connectivity index (χ1n) is 7.15. The number of aliphatic imine (C=N–C) groups is 1. The molecular formula is C15H15F3N4O2. The molecule has 6 nitrogen and oxygen atoms in total. The number of fused-ring (bicyclic) bond motifs is 1. The molecule has 2 unspecified atom stereocenters. The van der Waals surface area contributed by atoms with E-state index in [4.69, 9.17) is 0 Å². The van der Waals surface area contributed by atoms with Crippen LogP contribution in [0.5, 0.6) is 0 Å². The summed E-state index contributed by atoms with van der Waals surface area (Å²) in [5, 5.41) is 0. The molecule has 9 heteroatoms. The van der Waals surface area contributed by atoms with Crippen LogP contribution >= 0.6 is 0 Å². The van der Waals surface area contributed by atoms with Crippen molar-refractivity contribution < 1.29 is 22.8 Å². The van der Waals surface area contributed by atoms with Crippen LogP contribution in [0.1, 0.15) is 11.1 Å². The van der Waals surface area contributed by atoms with Crippen molar-refractivity contribution in [1.29, 1.82) is 0 Å². The third kappa shape index (κ3) is 2.31. The van der Waals surface area contributed by atoms with Gasteiger partial charge in [-0.2, -0.15) is 13.2 Å². The lowest BCUT2D eigenvalue weighted by Crippen LogP contribution is -2.63. The van der Waals surface area contributed by atoms with Crippen molar-refractivity contribution in [1.82, 2.24) is 14.7 Å². The van der Waals surface area contributed by atoms with Crippen LogP contribution < -0.4 is 0 Å². The number of rotatable bonds is 1. The summed E-state index contributed by atoms with van der Waals surface area (Å²) in [5.74, 6) is -0.0155. The number of amidine groups is 1. The van der Waals surface area contributed by atoms with Crippen molar-refractivity contribution in [2.75, 3.05) is 21.1 Å². The van der Waals surface area contributed by atoms with E-state index in [9.17, 15) is 22.8 Å². The van der Waals surface area contributed by atoms with E-state index < -0.39 is 35.9 Å². The summed E-state index contributed by atoms with van der Waals surface area (Å²) in [5.41, 5.74) is -0.302. The predicted molar refractivity (Wildman–Crippen MR) is 79.2 cm³/mol. The first-order valence-corrected chi connectivity index (χ1v) is 7.15. The van der Waals surface area contributed by atoms with Crippen LogP contribution in [0.25, 0.3) is 0 Å². The lowest BCUT2D eigenvalue weighted by molar-refractivity contribution is -0.137. The molecule has 0 spiro atoms. The molecule has 2 atom stereocenters. The first-order chi connectivity index (χ1) is 11.1. The van der Waals surface area contributed by atoms with Crippen molar-refractivity contribution in [2.24, 2.45) is 4.99 Å². The van der Waals surface area contributed by atoms with Gasteiger partial charge in [-0.25, -0.2) is 9.79 Å². The number of carbonyl (C=O) groups excluding carboxylic acids is 2. The quantitative estimate of drug-likeness (QED) is 0.781. The second-order valence-electron chi connectivity index (χ2n) is 5.79. The van der Waals surface area contributed by atoms with Gasteiger partial charge in [0, 0.05) is 26.7 Å². The van der Waals surface area contributed by atoms with Gasteiger partial charge in [-0.05, 0) is 12.1 Å². The fraction of sp³-hybridized carbons (Fsp3) is 0.400. The zero-order valence-corrected chi connectivity index (χ0v) is 13.2. The Labute approximate surface area is 136 Å². The summed E-state index contributed by atoms with van der Waals surface area (Å²) < 4.78 is 38.0. The molecule has 0 aromatic heterocycles. The molecule has 2 aliphatic rings. The van der Waals surface area contributed by atoms with E-state index in [1.54, 1.807) is 11.9 Å². The number of amides is 3. The molecule has 2 heterocycles. The Hall–Kier alpha value is -2.58. The Morgan fingerprint density at radius 2 is 1.58 bits per heavy atom. The molecule has 3 rings (SSSR count). The largest absolute Gasteiger partial charge is 0.416 e. The lowest BCUT2D eigenvalue weighted by Gasteiger charge is -2.38. The Balaban J connectivity index is 1.96. The second-order valence-corrected chi connectivity index (χ2v) is 5.79. The molecule has 2 aliphatic heterocycles. The number of urea groups is 1. The van der Waals surface area contributed by atoms with E-state index in [0.717, 1.165) is 17.0 Å². The number of benzene rings is 1. The van der Waals surface area contributed by atoms with Gasteiger partial charge in [-0.3, -0.25) is 9.69 Å². The summed E-state index contributed by atoms with van der Waals surface area (Å²) in [4.78, 5) is 32.7. The van der Waals surface area contributed by atoms with Gasteiger partial charge in [-0.1, -0.05) is 12.1 Å². The van der Waals surface area contributed by atoms with Crippen molar-refractivity contribution >= 4 is 17.8 Å². The van der Waals surface area contributed by atoms with Crippen LogP contribution in [0.3, 0.4) is 0 Å². The van der Waals surface area contributed by atoms with E-state index in [-0.39, 0.29) is 0 Å². The van der Waals surface area contributed by atoms with Crippen molar-refractivity contribution in [3.63, 3.8) is 0 Å². The minimum atomic E-state index is -4.42. The molecule has 3 amide bonds. The highest BCUT2D eigenvalue weighted by molar-refractivity contribution is 6.08. The number of hydrogen-bond acceptors (Lipinski definition) is 4. The maximum atomic E-state index is 12.7. The number of nitrogens with zero attached hydrogens (tertiary/aromatic N) is 4. The van der Waals surface area contributed by atoms with Gasteiger partial charge in [-0.15, -0.1) is 0 Å². The highest BCUT2D eigenvalue weighted by Crippen LogP contribution is 2.31. The van der Waals surface area contributed by atoms with Crippen molar-refractivity contribution in [3.8, 4) is 0 Å². The molecule has 1 saturated heterocycles. The summed E-state index contributed by atoms with van der Waals surface area (Å²) >= 11 is 0. The molecule has 0 bridgehead atoms. The van der Waals surface area contributed by atoms with Crippen LogP contribution in [0.15, 0.2) is 29.3 Å². The fourth-order valence-corrected chi connectivity index (χ4v) is 2.94. The highest BCUT2D eigenvalue weighted by Gasteiger charge is 2.49. The molecule has 1 fully saturated rings. The maximum Gasteiger partial charge on any atom is 0.416 e.